The molecule has 27 heavy (non-hydrogen) atoms. The number of carbonyl (C=O) groups is 1. The number of hydrogen-bond acceptors (Lipinski definition) is 3. The largest absolute Gasteiger partial charge is 0.349 e. The number of carbonyl (C=O) groups excluding carboxylic acids is 1. The van der Waals surface area contributed by atoms with Crippen molar-refractivity contribution in [2.75, 3.05) is 4.72 Å². The maximum Gasteiger partial charge on any atom is 0.261 e. The molecular weight excluding hydrogens is 360 g/mol. The quantitative estimate of drug-likeness (QED) is 0.825. The molecule has 142 valence electrons. The van der Waals surface area contributed by atoms with Gasteiger partial charge in [-0.15, -0.1) is 0 Å². The minimum atomic E-state index is -3.75. The fourth-order valence-electron chi connectivity index (χ4n) is 4.36. The van der Waals surface area contributed by atoms with Crippen molar-refractivity contribution in [3.8, 4) is 0 Å². The van der Waals surface area contributed by atoms with Gasteiger partial charge in [-0.1, -0.05) is 36.2 Å². The summed E-state index contributed by atoms with van der Waals surface area (Å²) in [4.78, 5) is 13.0. The zero-order valence-electron chi connectivity index (χ0n) is 15.3. The number of benzene rings is 2. The first kappa shape index (κ1) is 18.0. The Labute approximate surface area is 160 Å². The number of sulfonamides is 1. The first-order valence-electron chi connectivity index (χ1n) is 9.42. The van der Waals surface area contributed by atoms with E-state index >= 15 is 0 Å². The maximum absolute atomic E-state index is 12.8. The molecule has 2 N–H and O–H groups in total. The van der Waals surface area contributed by atoms with Gasteiger partial charge in [-0.25, -0.2) is 8.42 Å². The molecule has 0 aliphatic heterocycles. The number of amides is 1. The lowest BCUT2D eigenvalue weighted by molar-refractivity contribution is 0.0924. The molecule has 2 saturated carbocycles. The summed E-state index contributed by atoms with van der Waals surface area (Å²) in [5, 5.41) is 3.13. The van der Waals surface area contributed by atoms with Crippen molar-refractivity contribution < 1.29 is 13.2 Å². The molecule has 4 rings (SSSR count). The average molecular weight is 385 g/mol. The van der Waals surface area contributed by atoms with E-state index in [9.17, 15) is 13.2 Å². The summed E-state index contributed by atoms with van der Waals surface area (Å²) >= 11 is 0. The summed E-state index contributed by atoms with van der Waals surface area (Å²) in [5.41, 5.74) is 1.65. The van der Waals surface area contributed by atoms with Gasteiger partial charge in [-0.2, -0.15) is 0 Å². The SMILES string of the molecule is Cc1ccc(S(=O)(=O)Nc2ccccc2C(=O)N[C@@H]2C[C@H]3CC[C@H]2C3)cc1. The van der Waals surface area contributed by atoms with Crippen LogP contribution in [0.3, 0.4) is 0 Å². The zero-order chi connectivity index (χ0) is 19.0. The van der Waals surface area contributed by atoms with E-state index in [0.29, 0.717) is 17.2 Å². The van der Waals surface area contributed by atoms with E-state index < -0.39 is 10.0 Å². The summed E-state index contributed by atoms with van der Waals surface area (Å²) < 4.78 is 28.0. The Morgan fingerprint density at radius 3 is 2.41 bits per heavy atom. The highest BCUT2D eigenvalue weighted by Gasteiger charge is 2.40. The molecule has 0 aromatic heterocycles. The normalized spacial score (nSPS) is 24.0. The van der Waals surface area contributed by atoms with Gasteiger partial charge in [-0.05, 0) is 62.3 Å². The number of para-hydroxylation sites is 1. The Balaban J connectivity index is 1.54. The van der Waals surface area contributed by atoms with Crippen molar-refractivity contribution in [1.82, 2.24) is 5.32 Å². The molecule has 6 heteroatoms. The lowest BCUT2D eigenvalue weighted by atomic mass is 9.95. The molecule has 0 unspecified atom stereocenters. The highest BCUT2D eigenvalue weighted by atomic mass is 32.2. The average Bonchev–Trinajstić information content (AvgIpc) is 3.25. The standard InChI is InChI=1S/C21H24N2O3S/c1-14-6-10-17(11-7-14)27(25,26)23-19-5-3-2-4-18(19)21(24)22-20-13-15-8-9-16(20)12-15/h2-7,10-11,15-16,20,23H,8-9,12-13H2,1H3,(H,22,24)/t15-,16-,20+/m0/s1. The molecule has 2 aliphatic carbocycles. The molecule has 2 fully saturated rings. The molecule has 0 radical (unpaired) electrons. The maximum atomic E-state index is 12.8. The number of hydrogen-bond donors (Lipinski definition) is 2. The highest BCUT2D eigenvalue weighted by molar-refractivity contribution is 7.92. The van der Waals surface area contributed by atoms with Gasteiger partial charge in [0.15, 0.2) is 0 Å². The smallest absolute Gasteiger partial charge is 0.261 e. The zero-order valence-corrected chi connectivity index (χ0v) is 16.1. The van der Waals surface area contributed by atoms with Crippen LogP contribution < -0.4 is 10.0 Å². The second kappa shape index (κ2) is 7.00. The highest BCUT2D eigenvalue weighted by Crippen LogP contribution is 2.44. The molecule has 1 amide bonds. The van der Waals surface area contributed by atoms with Crippen LogP contribution in [0.15, 0.2) is 53.4 Å². The Morgan fingerprint density at radius 1 is 1.00 bits per heavy atom. The number of nitrogens with one attached hydrogen (secondary N) is 2. The fraction of sp³-hybridized carbons (Fsp3) is 0.381. The van der Waals surface area contributed by atoms with Crippen molar-refractivity contribution >= 4 is 21.6 Å². The minimum Gasteiger partial charge on any atom is -0.349 e. The lowest BCUT2D eigenvalue weighted by Crippen LogP contribution is -2.38. The first-order valence-corrected chi connectivity index (χ1v) is 10.9. The van der Waals surface area contributed by atoms with Crippen molar-refractivity contribution in [3.05, 3.63) is 59.7 Å². The van der Waals surface area contributed by atoms with Gasteiger partial charge in [0.25, 0.3) is 15.9 Å². The molecule has 2 bridgehead atoms. The minimum absolute atomic E-state index is 0.177. The van der Waals surface area contributed by atoms with Gasteiger partial charge in [0, 0.05) is 6.04 Å². The van der Waals surface area contributed by atoms with Crippen LogP contribution in [0.1, 0.15) is 41.6 Å². The predicted molar refractivity (Wildman–Crippen MR) is 105 cm³/mol. The molecule has 2 aromatic carbocycles. The first-order chi connectivity index (χ1) is 12.9. The van der Waals surface area contributed by atoms with Crippen molar-refractivity contribution in [2.45, 2.75) is 43.5 Å². The monoisotopic (exact) mass is 384 g/mol. The van der Waals surface area contributed by atoms with E-state index in [1.54, 1.807) is 48.5 Å². The van der Waals surface area contributed by atoms with Gasteiger partial charge >= 0.3 is 0 Å². The summed E-state index contributed by atoms with van der Waals surface area (Å²) in [5.74, 6) is 1.08. The van der Waals surface area contributed by atoms with E-state index in [0.717, 1.165) is 17.9 Å². The van der Waals surface area contributed by atoms with Crippen LogP contribution >= 0.6 is 0 Å². The van der Waals surface area contributed by atoms with Crippen molar-refractivity contribution in [3.63, 3.8) is 0 Å². The summed E-state index contributed by atoms with van der Waals surface area (Å²) in [7, 11) is -3.75. The van der Waals surface area contributed by atoms with Crippen molar-refractivity contribution in [2.24, 2.45) is 11.8 Å². The third kappa shape index (κ3) is 3.72. The van der Waals surface area contributed by atoms with E-state index in [2.05, 4.69) is 10.0 Å². The van der Waals surface area contributed by atoms with Crippen LogP contribution in [0.25, 0.3) is 0 Å². The predicted octanol–water partition coefficient (Wildman–Crippen LogP) is 3.71. The number of fused-ring (bicyclic) bond motifs is 2. The van der Waals surface area contributed by atoms with Crippen LogP contribution in [0.4, 0.5) is 5.69 Å². The number of aryl methyl sites for hydroxylation is 1. The summed E-state index contributed by atoms with van der Waals surface area (Å²) in [6.07, 6.45) is 4.68. The van der Waals surface area contributed by atoms with Crippen LogP contribution in [-0.4, -0.2) is 20.4 Å². The topological polar surface area (TPSA) is 75.3 Å². The van der Waals surface area contributed by atoms with E-state index in [-0.39, 0.29) is 16.8 Å². The Kier molecular flexibility index (Phi) is 4.68. The second-order valence-corrected chi connectivity index (χ2v) is 9.40. The van der Waals surface area contributed by atoms with Crippen LogP contribution in [-0.2, 0) is 10.0 Å². The molecule has 5 nitrogen and oxygen atoms in total. The second-order valence-electron chi connectivity index (χ2n) is 7.72. The molecular formula is C21H24N2O3S. The Hall–Kier alpha value is -2.34. The van der Waals surface area contributed by atoms with Crippen molar-refractivity contribution in [1.29, 1.82) is 0 Å². The van der Waals surface area contributed by atoms with Gasteiger partial charge in [0.2, 0.25) is 0 Å². The summed E-state index contributed by atoms with van der Waals surface area (Å²) in [6, 6.07) is 13.6. The molecule has 0 saturated heterocycles. The third-order valence-corrected chi connectivity index (χ3v) is 7.18. The number of anilines is 1. The van der Waals surface area contributed by atoms with Crippen LogP contribution in [0, 0.1) is 18.8 Å². The third-order valence-electron chi connectivity index (χ3n) is 5.80. The van der Waals surface area contributed by atoms with E-state index in [1.165, 1.54) is 19.3 Å². The van der Waals surface area contributed by atoms with Gasteiger partial charge < -0.3 is 5.32 Å². The molecule has 0 spiro atoms. The van der Waals surface area contributed by atoms with Crippen LogP contribution in [0.5, 0.6) is 0 Å². The lowest BCUT2D eigenvalue weighted by Gasteiger charge is -2.23. The Morgan fingerprint density at radius 2 is 1.74 bits per heavy atom. The fourth-order valence-corrected chi connectivity index (χ4v) is 5.44. The molecule has 2 aliphatic rings. The van der Waals surface area contributed by atoms with E-state index in [1.807, 2.05) is 6.92 Å². The molecule has 2 aromatic rings. The van der Waals surface area contributed by atoms with Gasteiger partial charge in [0.05, 0.1) is 16.1 Å². The van der Waals surface area contributed by atoms with Gasteiger partial charge in [-0.3, -0.25) is 9.52 Å². The van der Waals surface area contributed by atoms with Crippen LogP contribution in [0.2, 0.25) is 0 Å². The molecule has 0 heterocycles. The summed E-state index contributed by atoms with van der Waals surface area (Å²) in [6.45, 7) is 1.90. The number of rotatable bonds is 5. The van der Waals surface area contributed by atoms with Gasteiger partial charge in [0.1, 0.15) is 0 Å². The Bertz CT molecular complexity index is 954. The van der Waals surface area contributed by atoms with E-state index in [4.69, 9.17) is 0 Å². The molecule has 3 atom stereocenters.